The molecule has 2 heterocycles. The number of methoxy groups -OCH3 is 4. The number of nitrogens with zero attached hydrogens (tertiary/aromatic N) is 2. The predicted molar refractivity (Wildman–Crippen MR) is 154 cm³/mol. The summed E-state index contributed by atoms with van der Waals surface area (Å²) in [7, 11) is 10.8. The van der Waals surface area contributed by atoms with Crippen LogP contribution in [0.15, 0.2) is 73.1 Å². The standard InChI is InChI=1S/C32H34N2O4/c1-20(33(2)3)21-8-10-22(11-9-21)26-19-34-15-14-23-16-29(37-6)30(38-7)18-25(23)32(34)31(26)24-12-13-27(35-4)28(17-24)36-5/h8-20H,1-7H3. The molecule has 38 heavy (non-hydrogen) atoms. The van der Waals surface area contributed by atoms with Gasteiger partial charge in [-0.1, -0.05) is 30.3 Å². The molecule has 0 aliphatic carbocycles. The van der Waals surface area contributed by atoms with Gasteiger partial charge in [0.1, 0.15) is 0 Å². The third-order valence-electron chi connectivity index (χ3n) is 7.41. The second-order valence-corrected chi connectivity index (χ2v) is 9.62. The molecule has 5 aromatic rings. The molecule has 1 atom stereocenters. The minimum Gasteiger partial charge on any atom is -0.493 e. The maximum Gasteiger partial charge on any atom is 0.161 e. The van der Waals surface area contributed by atoms with Crippen LogP contribution in [0.1, 0.15) is 18.5 Å². The van der Waals surface area contributed by atoms with Crippen LogP contribution in [-0.2, 0) is 0 Å². The first-order chi connectivity index (χ1) is 18.4. The van der Waals surface area contributed by atoms with Crippen molar-refractivity contribution in [1.29, 1.82) is 0 Å². The van der Waals surface area contributed by atoms with Gasteiger partial charge in [-0.2, -0.15) is 0 Å². The van der Waals surface area contributed by atoms with Gasteiger partial charge in [0.2, 0.25) is 0 Å². The third-order valence-corrected chi connectivity index (χ3v) is 7.41. The van der Waals surface area contributed by atoms with Crippen molar-refractivity contribution in [1.82, 2.24) is 9.30 Å². The number of rotatable bonds is 8. The fourth-order valence-corrected chi connectivity index (χ4v) is 5.06. The van der Waals surface area contributed by atoms with E-state index in [4.69, 9.17) is 18.9 Å². The Hall–Kier alpha value is -4.16. The molecule has 0 saturated carbocycles. The van der Waals surface area contributed by atoms with Gasteiger partial charge < -0.3 is 28.2 Å². The molecule has 0 radical (unpaired) electrons. The van der Waals surface area contributed by atoms with Crippen molar-refractivity contribution in [2.75, 3.05) is 42.5 Å². The van der Waals surface area contributed by atoms with Crippen LogP contribution in [0.5, 0.6) is 23.0 Å². The zero-order valence-corrected chi connectivity index (χ0v) is 23.0. The van der Waals surface area contributed by atoms with Gasteiger partial charge in [0.15, 0.2) is 23.0 Å². The van der Waals surface area contributed by atoms with Gasteiger partial charge in [0, 0.05) is 34.9 Å². The van der Waals surface area contributed by atoms with Crippen molar-refractivity contribution in [3.8, 4) is 45.3 Å². The van der Waals surface area contributed by atoms with Crippen molar-refractivity contribution in [3.63, 3.8) is 0 Å². The number of aromatic nitrogens is 1. The highest BCUT2D eigenvalue weighted by molar-refractivity contribution is 6.09. The van der Waals surface area contributed by atoms with Crippen molar-refractivity contribution >= 4 is 16.3 Å². The zero-order valence-electron chi connectivity index (χ0n) is 23.0. The summed E-state index contributed by atoms with van der Waals surface area (Å²) in [6.45, 7) is 2.21. The van der Waals surface area contributed by atoms with Crippen molar-refractivity contribution in [3.05, 3.63) is 78.6 Å². The van der Waals surface area contributed by atoms with E-state index in [0.29, 0.717) is 29.0 Å². The lowest BCUT2D eigenvalue weighted by molar-refractivity contribution is 0.321. The van der Waals surface area contributed by atoms with E-state index in [2.05, 4.69) is 85.2 Å². The largest absolute Gasteiger partial charge is 0.493 e. The van der Waals surface area contributed by atoms with Gasteiger partial charge in [0.25, 0.3) is 0 Å². The van der Waals surface area contributed by atoms with Crippen LogP contribution in [0.2, 0.25) is 0 Å². The Balaban J connectivity index is 1.82. The Morgan fingerprint density at radius 2 is 1.29 bits per heavy atom. The molecule has 1 unspecified atom stereocenters. The van der Waals surface area contributed by atoms with Crippen LogP contribution in [0.4, 0.5) is 0 Å². The normalized spacial score (nSPS) is 12.2. The first kappa shape index (κ1) is 25.5. The lowest BCUT2D eigenvalue weighted by atomic mass is 9.94. The lowest BCUT2D eigenvalue weighted by Gasteiger charge is -2.20. The molecule has 0 saturated heterocycles. The molecule has 5 rings (SSSR count). The van der Waals surface area contributed by atoms with Crippen LogP contribution in [0, 0.1) is 0 Å². The molecule has 0 N–H and O–H groups in total. The average molecular weight is 511 g/mol. The molecule has 0 spiro atoms. The molecule has 0 aliphatic heterocycles. The first-order valence-electron chi connectivity index (χ1n) is 12.6. The predicted octanol–water partition coefficient (Wildman–Crippen LogP) is 7.08. The molecule has 0 fully saturated rings. The zero-order chi connectivity index (χ0) is 27.0. The minimum absolute atomic E-state index is 0.328. The van der Waals surface area contributed by atoms with E-state index in [9.17, 15) is 0 Å². The second kappa shape index (κ2) is 10.3. The van der Waals surface area contributed by atoms with E-state index in [1.165, 1.54) is 5.56 Å². The molecular weight excluding hydrogens is 476 g/mol. The van der Waals surface area contributed by atoms with E-state index in [-0.39, 0.29) is 0 Å². The van der Waals surface area contributed by atoms with Crippen LogP contribution >= 0.6 is 0 Å². The van der Waals surface area contributed by atoms with E-state index < -0.39 is 0 Å². The summed E-state index contributed by atoms with van der Waals surface area (Å²) in [5, 5.41) is 2.13. The Morgan fingerprint density at radius 1 is 0.684 bits per heavy atom. The van der Waals surface area contributed by atoms with Gasteiger partial charge in [-0.05, 0) is 73.4 Å². The summed E-state index contributed by atoms with van der Waals surface area (Å²) < 4.78 is 24.7. The monoisotopic (exact) mass is 510 g/mol. The number of hydrogen-bond donors (Lipinski definition) is 0. The molecule has 6 heteroatoms. The Labute approximate surface area is 223 Å². The number of ether oxygens (including phenoxy) is 4. The molecule has 6 nitrogen and oxygen atoms in total. The summed E-state index contributed by atoms with van der Waals surface area (Å²) in [6, 6.07) is 21.4. The van der Waals surface area contributed by atoms with Crippen molar-refractivity contribution in [2.24, 2.45) is 0 Å². The van der Waals surface area contributed by atoms with Crippen LogP contribution in [0.25, 0.3) is 38.5 Å². The van der Waals surface area contributed by atoms with Crippen LogP contribution in [0.3, 0.4) is 0 Å². The Bertz CT molecular complexity index is 1600. The highest BCUT2D eigenvalue weighted by Gasteiger charge is 2.20. The fraction of sp³-hybridized carbons (Fsp3) is 0.250. The summed E-state index contributed by atoms with van der Waals surface area (Å²) in [4.78, 5) is 2.21. The second-order valence-electron chi connectivity index (χ2n) is 9.62. The highest BCUT2D eigenvalue weighted by atomic mass is 16.5. The van der Waals surface area contributed by atoms with Gasteiger partial charge in [-0.3, -0.25) is 0 Å². The van der Waals surface area contributed by atoms with E-state index >= 15 is 0 Å². The van der Waals surface area contributed by atoms with Crippen LogP contribution in [-0.4, -0.2) is 51.8 Å². The maximum atomic E-state index is 5.68. The molecule has 196 valence electrons. The van der Waals surface area contributed by atoms with Crippen molar-refractivity contribution in [2.45, 2.75) is 13.0 Å². The molecule has 0 amide bonds. The third kappa shape index (κ3) is 4.31. The number of hydrogen-bond acceptors (Lipinski definition) is 5. The lowest BCUT2D eigenvalue weighted by Crippen LogP contribution is -2.16. The summed E-state index contributed by atoms with van der Waals surface area (Å²) in [5.41, 5.74) is 6.77. The fourth-order valence-electron chi connectivity index (χ4n) is 5.06. The topological polar surface area (TPSA) is 44.6 Å². The number of fused-ring (bicyclic) bond motifs is 3. The van der Waals surface area contributed by atoms with E-state index in [1.807, 2.05) is 18.2 Å². The van der Waals surface area contributed by atoms with Gasteiger partial charge in [0.05, 0.1) is 34.0 Å². The SMILES string of the molecule is COc1ccc(-c2c(-c3ccc(C(C)N(C)C)cc3)cn3ccc4cc(OC)c(OC)cc4c23)cc1OC. The summed E-state index contributed by atoms with van der Waals surface area (Å²) in [6.07, 6.45) is 4.29. The number of pyridine rings is 1. The Kier molecular flexibility index (Phi) is 6.91. The van der Waals surface area contributed by atoms with Crippen LogP contribution < -0.4 is 18.9 Å². The van der Waals surface area contributed by atoms with Gasteiger partial charge in [-0.25, -0.2) is 0 Å². The average Bonchev–Trinajstić information content (AvgIpc) is 3.35. The summed E-state index contributed by atoms with van der Waals surface area (Å²) in [5.74, 6) is 2.77. The highest BCUT2D eigenvalue weighted by Crippen LogP contribution is 2.44. The van der Waals surface area contributed by atoms with E-state index in [0.717, 1.165) is 38.5 Å². The quantitative estimate of drug-likeness (QED) is 0.223. The van der Waals surface area contributed by atoms with E-state index in [1.54, 1.807) is 28.4 Å². The molecule has 2 aromatic heterocycles. The number of benzene rings is 3. The minimum atomic E-state index is 0.328. The molecule has 3 aromatic carbocycles. The van der Waals surface area contributed by atoms with Crippen molar-refractivity contribution < 1.29 is 18.9 Å². The molecule has 0 aliphatic rings. The Morgan fingerprint density at radius 3 is 1.92 bits per heavy atom. The van der Waals surface area contributed by atoms with Gasteiger partial charge >= 0.3 is 0 Å². The smallest absolute Gasteiger partial charge is 0.161 e. The maximum absolute atomic E-state index is 5.68. The first-order valence-corrected chi connectivity index (χ1v) is 12.6. The molecular formula is C32H34N2O4. The van der Waals surface area contributed by atoms with Gasteiger partial charge in [-0.15, -0.1) is 0 Å². The summed E-state index contributed by atoms with van der Waals surface area (Å²) >= 11 is 0. The molecule has 0 bridgehead atoms.